The zero-order valence-corrected chi connectivity index (χ0v) is 30.5. The Morgan fingerprint density at radius 1 is 1.09 bits per heavy atom. The summed E-state index contributed by atoms with van der Waals surface area (Å²) in [5.41, 5.74) is 1.66. The standard InChI is InChI=1S/C40H36ClF4N7O3/c1-22-28-15-24(16-29(40(43,44)45)36(28)50-49-22)38(53)46-26-7-8-33-32(18-26)47-37(52(33)20-27-9-14-54-27)30-19-39(30)10-12-51(13-11-39)34-3-2-4-35(48-34)55-21-23-5-6-25(41)17-31(23)42/h2-8,15-18,27,30H,9-14,19-21H2,1H3,(H,46,53)(H,49,50)/t27-,30?/m0/s1. The van der Waals surface area contributed by atoms with E-state index in [1.54, 1.807) is 37.3 Å². The molecule has 1 amide bonds. The van der Waals surface area contributed by atoms with Gasteiger partial charge in [0.25, 0.3) is 5.91 Å². The van der Waals surface area contributed by atoms with Gasteiger partial charge in [0, 0.05) is 64.6 Å². The number of halogens is 5. The lowest BCUT2D eigenvalue weighted by molar-refractivity contribution is -0.136. The van der Waals surface area contributed by atoms with Crippen LogP contribution in [-0.4, -0.2) is 56.4 Å². The van der Waals surface area contributed by atoms with Gasteiger partial charge in [0.2, 0.25) is 5.88 Å². The summed E-state index contributed by atoms with van der Waals surface area (Å²) >= 11 is 5.88. The lowest BCUT2D eigenvalue weighted by Crippen LogP contribution is -2.36. The van der Waals surface area contributed by atoms with Crippen LogP contribution in [0.25, 0.3) is 21.9 Å². The fourth-order valence-corrected chi connectivity index (χ4v) is 8.16. The topological polar surface area (TPSA) is 110 Å². The number of nitrogens with zero attached hydrogens (tertiary/aromatic N) is 5. The summed E-state index contributed by atoms with van der Waals surface area (Å²) in [7, 11) is 0. The maximum atomic E-state index is 14.3. The number of fused-ring (bicyclic) bond motifs is 2. The van der Waals surface area contributed by atoms with E-state index in [2.05, 4.69) is 25.0 Å². The number of rotatable bonds is 9. The number of piperidine rings is 1. The molecule has 2 saturated heterocycles. The molecule has 2 N–H and O–H groups in total. The van der Waals surface area contributed by atoms with Gasteiger partial charge >= 0.3 is 6.18 Å². The molecule has 9 rings (SSSR count). The molecule has 5 heterocycles. The van der Waals surface area contributed by atoms with Gasteiger partial charge in [0.1, 0.15) is 29.6 Å². The number of alkyl halides is 3. The number of H-pyrrole nitrogens is 1. The highest BCUT2D eigenvalue weighted by molar-refractivity contribution is 6.30. The third kappa shape index (κ3) is 6.75. The molecule has 1 saturated carbocycles. The Bertz CT molecular complexity index is 2450. The SMILES string of the molecule is Cc1[nH]nc2c(C(F)(F)F)cc(C(=O)Nc3ccc4c(c3)nc(C3CC35CCN(c3cccc(OCc6ccc(Cl)cc6F)n3)CC5)n4C[C@@H]3CCO3)cc12. The Balaban J connectivity index is 0.913. The predicted octanol–water partition coefficient (Wildman–Crippen LogP) is 8.82. The fourth-order valence-electron chi connectivity index (χ4n) is 8.00. The van der Waals surface area contributed by atoms with Crippen molar-refractivity contribution in [2.75, 3.05) is 29.9 Å². The first-order valence-corrected chi connectivity index (χ1v) is 18.6. The Morgan fingerprint density at radius 2 is 1.91 bits per heavy atom. The number of hydrogen-bond acceptors (Lipinski definition) is 7. The highest BCUT2D eigenvalue weighted by atomic mass is 35.5. The molecular formula is C40H36ClF4N7O3. The molecule has 3 aromatic heterocycles. The van der Waals surface area contributed by atoms with E-state index in [4.69, 9.17) is 31.0 Å². The zero-order valence-electron chi connectivity index (χ0n) is 29.7. The van der Waals surface area contributed by atoms with E-state index in [-0.39, 0.29) is 40.5 Å². The minimum atomic E-state index is -4.68. The van der Waals surface area contributed by atoms with E-state index in [1.165, 1.54) is 12.1 Å². The van der Waals surface area contributed by atoms with Gasteiger partial charge in [-0.1, -0.05) is 23.7 Å². The number of aromatic amines is 1. The molecule has 284 valence electrons. The van der Waals surface area contributed by atoms with Crippen molar-refractivity contribution in [3.63, 3.8) is 0 Å². The van der Waals surface area contributed by atoms with Gasteiger partial charge in [0.05, 0.1) is 29.2 Å². The normalized spacial score (nSPS) is 19.2. The number of carbonyl (C=O) groups excluding carboxylic acids is 1. The van der Waals surface area contributed by atoms with Crippen LogP contribution in [0.15, 0.2) is 66.7 Å². The molecule has 1 spiro atoms. The van der Waals surface area contributed by atoms with Crippen molar-refractivity contribution >= 4 is 50.9 Å². The van der Waals surface area contributed by atoms with E-state index >= 15 is 0 Å². The largest absolute Gasteiger partial charge is 0.473 e. The minimum Gasteiger partial charge on any atom is -0.473 e. The molecule has 10 nitrogen and oxygen atoms in total. The first kappa shape index (κ1) is 35.5. The number of benzene rings is 3. The van der Waals surface area contributed by atoms with E-state index < -0.39 is 23.5 Å². The molecule has 2 aliphatic heterocycles. The number of aromatic nitrogens is 5. The molecule has 0 radical (unpaired) electrons. The molecular weight excluding hydrogens is 738 g/mol. The molecule has 3 fully saturated rings. The van der Waals surface area contributed by atoms with Gasteiger partial charge in [-0.05, 0) is 86.6 Å². The summed E-state index contributed by atoms with van der Waals surface area (Å²) in [6, 6.07) is 17.8. The lowest BCUT2D eigenvalue weighted by Gasteiger charge is -2.34. The van der Waals surface area contributed by atoms with Crippen LogP contribution in [-0.2, 0) is 24.1 Å². The molecule has 6 aromatic rings. The summed E-state index contributed by atoms with van der Waals surface area (Å²) < 4.78 is 69.9. The Hall–Kier alpha value is -5.21. The molecule has 55 heavy (non-hydrogen) atoms. The van der Waals surface area contributed by atoms with Gasteiger partial charge < -0.3 is 24.3 Å². The predicted molar refractivity (Wildman–Crippen MR) is 199 cm³/mol. The van der Waals surface area contributed by atoms with Gasteiger partial charge in [-0.25, -0.2) is 9.37 Å². The van der Waals surface area contributed by atoms with Crippen LogP contribution in [0.2, 0.25) is 5.02 Å². The summed E-state index contributed by atoms with van der Waals surface area (Å²) in [5.74, 6) is 1.36. The molecule has 3 aromatic carbocycles. The summed E-state index contributed by atoms with van der Waals surface area (Å²) in [6.45, 7) is 4.66. The fraction of sp³-hybridized carbons (Fsp3) is 0.350. The van der Waals surface area contributed by atoms with E-state index in [1.807, 2.05) is 18.2 Å². The number of hydrogen-bond donors (Lipinski definition) is 2. The highest BCUT2D eigenvalue weighted by Crippen LogP contribution is 2.65. The second kappa shape index (κ2) is 13.5. The number of aryl methyl sites for hydroxylation is 1. The average molecular weight is 774 g/mol. The summed E-state index contributed by atoms with van der Waals surface area (Å²) in [5, 5.41) is 9.76. The quantitative estimate of drug-likeness (QED) is 0.141. The van der Waals surface area contributed by atoms with Gasteiger partial charge in [-0.2, -0.15) is 23.3 Å². The first-order chi connectivity index (χ1) is 26.4. The number of ether oxygens (including phenoxy) is 2. The smallest absolute Gasteiger partial charge is 0.418 e. The molecule has 0 bridgehead atoms. The van der Waals surface area contributed by atoms with Crippen LogP contribution in [0.3, 0.4) is 0 Å². The second-order valence-electron chi connectivity index (χ2n) is 14.8. The Kier molecular flexibility index (Phi) is 8.72. The van der Waals surface area contributed by atoms with Crippen molar-refractivity contribution in [1.82, 2.24) is 24.7 Å². The van der Waals surface area contributed by atoms with E-state index in [9.17, 15) is 22.4 Å². The number of imidazole rings is 1. The summed E-state index contributed by atoms with van der Waals surface area (Å²) in [6.07, 6.45) is -0.732. The zero-order chi connectivity index (χ0) is 38.1. The third-order valence-electron chi connectivity index (χ3n) is 11.3. The Labute approximate surface area is 317 Å². The molecule has 1 unspecified atom stereocenters. The van der Waals surface area contributed by atoms with Crippen LogP contribution in [0, 0.1) is 18.2 Å². The number of pyridine rings is 1. The number of carbonyl (C=O) groups is 1. The van der Waals surface area contributed by atoms with E-state index in [0.29, 0.717) is 39.9 Å². The maximum Gasteiger partial charge on any atom is 0.418 e. The number of anilines is 2. The first-order valence-electron chi connectivity index (χ1n) is 18.2. The van der Waals surface area contributed by atoms with Gasteiger partial charge in [-0.15, -0.1) is 0 Å². The van der Waals surface area contributed by atoms with Crippen molar-refractivity contribution in [2.24, 2.45) is 5.41 Å². The monoisotopic (exact) mass is 773 g/mol. The Morgan fingerprint density at radius 3 is 2.65 bits per heavy atom. The lowest BCUT2D eigenvalue weighted by atomic mass is 9.90. The van der Waals surface area contributed by atoms with Crippen LogP contribution in [0.1, 0.15) is 64.6 Å². The van der Waals surface area contributed by atoms with Crippen LogP contribution >= 0.6 is 11.6 Å². The molecule has 15 heteroatoms. The molecule has 1 aliphatic carbocycles. The minimum absolute atomic E-state index is 0.0375. The van der Waals surface area contributed by atoms with Crippen LogP contribution in [0.5, 0.6) is 5.88 Å². The highest BCUT2D eigenvalue weighted by Gasteiger charge is 2.57. The summed E-state index contributed by atoms with van der Waals surface area (Å²) in [4.78, 5) is 25.5. The van der Waals surface area contributed by atoms with Gasteiger partial charge in [-0.3, -0.25) is 9.89 Å². The average Bonchev–Trinajstić information content (AvgIpc) is 3.50. The van der Waals surface area contributed by atoms with E-state index in [0.717, 1.165) is 68.6 Å². The second-order valence-corrected chi connectivity index (χ2v) is 15.2. The van der Waals surface area contributed by atoms with Crippen molar-refractivity contribution in [1.29, 1.82) is 0 Å². The third-order valence-corrected chi connectivity index (χ3v) is 11.6. The van der Waals surface area contributed by atoms with Crippen molar-refractivity contribution in [3.8, 4) is 5.88 Å². The van der Waals surface area contributed by atoms with Crippen molar-refractivity contribution in [2.45, 2.75) is 64.0 Å². The van der Waals surface area contributed by atoms with Crippen molar-refractivity contribution < 1.29 is 31.8 Å². The number of nitrogens with one attached hydrogen (secondary N) is 2. The van der Waals surface area contributed by atoms with Gasteiger partial charge in [0.15, 0.2) is 0 Å². The molecule has 2 atom stereocenters. The van der Waals surface area contributed by atoms with Crippen LogP contribution < -0.4 is 15.0 Å². The van der Waals surface area contributed by atoms with Crippen molar-refractivity contribution in [3.05, 3.63) is 106 Å². The molecule has 3 aliphatic rings. The maximum absolute atomic E-state index is 14.3. The number of amides is 1. The van der Waals surface area contributed by atoms with Crippen LogP contribution in [0.4, 0.5) is 29.1 Å².